The maximum absolute atomic E-state index is 13.9. The van der Waals surface area contributed by atoms with Crippen molar-refractivity contribution in [1.82, 2.24) is 9.80 Å². The van der Waals surface area contributed by atoms with E-state index in [4.69, 9.17) is 4.74 Å². The summed E-state index contributed by atoms with van der Waals surface area (Å²) in [7, 11) is 0. The van der Waals surface area contributed by atoms with Gasteiger partial charge in [0.2, 0.25) is 5.91 Å². The highest BCUT2D eigenvalue weighted by atomic mass is 32.1. The van der Waals surface area contributed by atoms with Crippen LogP contribution in [0.3, 0.4) is 0 Å². The number of ether oxygens (including phenoxy) is 1. The molecular weight excluding hydrogens is 506 g/mol. The van der Waals surface area contributed by atoms with E-state index in [1.54, 1.807) is 16.2 Å². The maximum Gasteiger partial charge on any atom is 0.322 e. The summed E-state index contributed by atoms with van der Waals surface area (Å²) in [6.45, 7) is 10.6. The van der Waals surface area contributed by atoms with Gasteiger partial charge in [0.1, 0.15) is 6.54 Å². The van der Waals surface area contributed by atoms with Crippen molar-refractivity contribution in [2.24, 2.45) is 0 Å². The standard InChI is InChI=1S/C32H41N3O3S/c1-23(2)28-15-8-16-29(24(3)4)31(28)33-32(37)35(20-26-13-9-17-38-26)22-30(36)34(21-27-14-10-18-39-27)19-25-11-6-5-7-12-25/h5-8,10-12,14-16,18,23-24,26H,9,13,17,19-22H2,1-4H3,(H,33,37). The quantitative estimate of drug-likeness (QED) is 0.275. The normalized spacial score (nSPS) is 15.1. The molecule has 1 aliphatic rings. The number of anilines is 1. The van der Waals surface area contributed by atoms with Crippen molar-refractivity contribution in [3.63, 3.8) is 0 Å². The molecule has 0 saturated carbocycles. The Morgan fingerprint density at radius 3 is 2.23 bits per heavy atom. The number of para-hydroxylation sites is 1. The highest BCUT2D eigenvalue weighted by Crippen LogP contribution is 2.32. The lowest BCUT2D eigenvalue weighted by atomic mass is 9.93. The third kappa shape index (κ3) is 7.93. The lowest BCUT2D eigenvalue weighted by molar-refractivity contribution is -0.133. The summed E-state index contributed by atoms with van der Waals surface area (Å²) >= 11 is 1.63. The Morgan fingerprint density at radius 2 is 1.64 bits per heavy atom. The Hall–Kier alpha value is -3.16. The van der Waals surface area contributed by atoms with Gasteiger partial charge in [-0.1, -0.05) is 82.3 Å². The SMILES string of the molecule is CC(C)c1cccc(C(C)C)c1NC(=O)N(CC(=O)N(Cc1ccccc1)Cc1cccs1)CC1CCCO1. The topological polar surface area (TPSA) is 61.9 Å². The molecule has 0 aliphatic carbocycles. The predicted octanol–water partition coefficient (Wildman–Crippen LogP) is 7.24. The zero-order chi connectivity index (χ0) is 27.8. The molecule has 4 rings (SSSR count). The smallest absolute Gasteiger partial charge is 0.322 e. The number of urea groups is 1. The second-order valence-electron chi connectivity index (χ2n) is 10.9. The van der Waals surface area contributed by atoms with Gasteiger partial charge < -0.3 is 19.9 Å². The van der Waals surface area contributed by atoms with Crippen molar-refractivity contribution < 1.29 is 14.3 Å². The summed E-state index contributed by atoms with van der Waals surface area (Å²) < 4.78 is 5.89. The Bertz CT molecular complexity index is 1180. The number of nitrogens with zero attached hydrogens (tertiary/aromatic N) is 2. The number of benzene rings is 2. The van der Waals surface area contributed by atoms with E-state index in [-0.39, 0.29) is 36.4 Å². The molecule has 0 spiro atoms. The first kappa shape index (κ1) is 28.8. The van der Waals surface area contributed by atoms with Crippen molar-refractivity contribution in [2.45, 2.75) is 71.6 Å². The third-order valence-electron chi connectivity index (χ3n) is 7.16. The minimum absolute atomic E-state index is 0.00917. The highest BCUT2D eigenvalue weighted by molar-refractivity contribution is 7.09. The van der Waals surface area contributed by atoms with Crippen LogP contribution in [0.1, 0.15) is 73.9 Å². The summed E-state index contributed by atoms with van der Waals surface area (Å²) in [5, 5.41) is 5.24. The predicted molar refractivity (Wildman–Crippen MR) is 159 cm³/mol. The number of hydrogen-bond donors (Lipinski definition) is 1. The fourth-order valence-corrected chi connectivity index (χ4v) is 5.74. The minimum atomic E-state index is -0.260. The molecule has 7 heteroatoms. The van der Waals surface area contributed by atoms with Gasteiger partial charge in [-0.25, -0.2) is 4.79 Å². The van der Waals surface area contributed by atoms with Crippen LogP contribution in [0, 0.1) is 0 Å². The first-order valence-electron chi connectivity index (χ1n) is 14.0. The summed E-state index contributed by atoms with van der Waals surface area (Å²) in [4.78, 5) is 32.3. The number of carbonyl (C=O) groups is 2. The Balaban J connectivity index is 1.58. The molecule has 1 aromatic heterocycles. The van der Waals surface area contributed by atoms with Crippen molar-refractivity contribution >= 4 is 29.0 Å². The highest BCUT2D eigenvalue weighted by Gasteiger charge is 2.28. The van der Waals surface area contributed by atoms with Crippen molar-refractivity contribution in [1.29, 1.82) is 0 Å². The van der Waals surface area contributed by atoms with Crippen LogP contribution in [0.25, 0.3) is 0 Å². The van der Waals surface area contributed by atoms with Crippen LogP contribution < -0.4 is 5.32 Å². The average Bonchev–Trinajstić information content (AvgIpc) is 3.63. The Kier molecular flexibility index (Phi) is 10.2. The van der Waals surface area contributed by atoms with Crippen LogP contribution in [0.2, 0.25) is 0 Å². The van der Waals surface area contributed by atoms with Gasteiger partial charge in [-0.2, -0.15) is 0 Å². The van der Waals surface area contributed by atoms with E-state index in [1.165, 1.54) is 0 Å². The molecule has 1 saturated heterocycles. The Morgan fingerprint density at radius 1 is 0.923 bits per heavy atom. The molecule has 1 atom stereocenters. The van der Waals surface area contributed by atoms with Crippen LogP contribution >= 0.6 is 11.3 Å². The molecule has 1 N–H and O–H groups in total. The molecular formula is C32H41N3O3S. The largest absolute Gasteiger partial charge is 0.376 e. The lowest BCUT2D eigenvalue weighted by Gasteiger charge is -2.30. The zero-order valence-corrected chi connectivity index (χ0v) is 24.4. The molecule has 0 radical (unpaired) electrons. The van der Waals surface area contributed by atoms with E-state index >= 15 is 0 Å². The number of nitrogens with one attached hydrogen (secondary N) is 1. The molecule has 1 fully saturated rings. The average molecular weight is 548 g/mol. The molecule has 3 aromatic rings. The van der Waals surface area contributed by atoms with Crippen molar-refractivity contribution in [3.8, 4) is 0 Å². The van der Waals surface area contributed by atoms with Crippen molar-refractivity contribution in [3.05, 3.63) is 87.6 Å². The zero-order valence-electron chi connectivity index (χ0n) is 23.6. The van der Waals surface area contributed by atoms with Crippen LogP contribution in [-0.4, -0.2) is 47.5 Å². The molecule has 2 aromatic carbocycles. The Labute approximate surface area is 237 Å². The van der Waals surface area contributed by atoms with Crippen LogP contribution in [0.4, 0.5) is 10.5 Å². The number of carbonyl (C=O) groups excluding carboxylic acids is 2. The fraction of sp³-hybridized carbons (Fsp3) is 0.438. The summed E-state index contributed by atoms with van der Waals surface area (Å²) in [5.41, 5.74) is 4.12. The number of amides is 3. The first-order chi connectivity index (χ1) is 18.8. The fourth-order valence-electron chi connectivity index (χ4n) is 5.02. The van der Waals surface area contributed by atoms with E-state index in [0.29, 0.717) is 26.2 Å². The molecule has 0 bridgehead atoms. The van der Waals surface area contributed by atoms with E-state index < -0.39 is 0 Å². The third-order valence-corrected chi connectivity index (χ3v) is 8.02. The van der Waals surface area contributed by atoms with Crippen molar-refractivity contribution in [2.75, 3.05) is 25.0 Å². The van der Waals surface area contributed by atoms with Gasteiger partial charge in [0.05, 0.1) is 12.6 Å². The number of hydrogen-bond acceptors (Lipinski definition) is 4. The second-order valence-corrected chi connectivity index (χ2v) is 11.9. The van der Waals surface area contributed by atoms with Gasteiger partial charge in [0.15, 0.2) is 0 Å². The first-order valence-corrected chi connectivity index (χ1v) is 14.8. The maximum atomic E-state index is 13.9. The summed E-state index contributed by atoms with van der Waals surface area (Å²) in [6.07, 6.45) is 1.80. The van der Waals surface area contributed by atoms with E-state index in [2.05, 4.69) is 51.2 Å². The monoisotopic (exact) mass is 547 g/mol. The van der Waals surface area contributed by atoms with E-state index in [1.807, 2.05) is 52.7 Å². The van der Waals surface area contributed by atoms with Gasteiger partial charge in [-0.15, -0.1) is 11.3 Å². The molecule has 6 nitrogen and oxygen atoms in total. The minimum Gasteiger partial charge on any atom is -0.376 e. The molecule has 1 unspecified atom stereocenters. The molecule has 3 amide bonds. The van der Waals surface area contributed by atoms with Gasteiger partial charge in [0, 0.05) is 30.3 Å². The lowest BCUT2D eigenvalue weighted by Crippen LogP contribution is -2.47. The van der Waals surface area contributed by atoms with Gasteiger partial charge >= 0.3 is 6.03 Å². The molecule has 2 heterocycles. The second kappa shape index (κ2) is 13.8. The number of thiophene rings is 1. The molecule has 208 valence electrons. The molecule has 39 heavy (non-hydrogen) atoms. The van der Waals surface area contributed by atoms with E-state index in [0.717, 1.165) is 40.1 Å². The van der Waals surface area contributed by atoms with Gasteiger partial charge in [-0.3, -0.25) is 4.79 Å². The molecule has 1 aliphatic heterocycles. The van der Waals surface area contributed by atoms with Gasteiger partial charge in [-0.05, 0) is 52.8 Å². The summed E-state index contributed by atoms with van der Waals surface area (Å²) in [5.74, 6) is 0.417. The van der Waals surface area contributed by atoms with Crippen LogP contribution in [0.15, 0.2) is 66.0 Å². The number of rotatable bonds is 11. The van der Waals surface area contributed by atoms with Crippen LogP contribution in [0.5, 0.6) is 0 Å². The van der Waals surface area contributed by atoms with Gasteiger partial charge in [0.25, 0.3) is 0 Å². The summed E-state index contributed by atoms with van der Waals surface area (Å²) in [6, 6.07) is 20.0. The van der Waals surface area contributed by atoms with Crippen LogP contribution in [-0.2, 0) is 22.6 Å². The van der Waals surface area contributed by atoms with E-state index in [9.17, 15) is 9.59 Å².